The molecule has 0 amide bonds. The van der Waals surface area contributed by atoms with Crippen molar-refractivity contribution in [1.82, 2.24) is 0 Å². The minimum atomic E-state index is 0.0515. The first-order chi connectivity index (χ1) is 14.0. The molecule has 0 heterocycles. The third kappa shape index (κ3) is 3.88. The van der Waals surface area contributed by atoms with E-state index in [1.807, 2.05) is 49.4 Å². The zero-order valence-corrected chi connectivity index (χ0v) is 16.6. The highest BCUT2D eigenvalue weighted by molar-refractivity contribution is 5.69. The number of hydrogen-bond acceptors (Lipinski definition) is 2. The molecule has 0 fully saturated rings. The second-order valence-corrected chi connectivity index (χ2v) is 7.49. The van der Waals surface area contributed by atoms with E-state index in [1.165, 1.54) is 11.1 Å². The van der Waals surface area contributed by atoms with Gasteiger partial charge in [0.15, 0.2) is 0 Å². The monoisotopic (exact) mass is 380 g/mol. The molecule has 0 aliphatic carbocycles. The van der Waals surface area contributed by atoms with Crippen LogP contribution in [0.15, 0.2) is 91.0 Å². The van der Waals surface area contributed by atoms with Crippen LogP contribution >= 0.6 is 0 Å². The van der Waals surface area contributed by atoms with Crippen molar-refractivity contribution in [2.75, 3.05) is 0 Å². The Morgan fingerprint density at radius 2 is 1.17 bits per heavy atom. The fourth-order valence-electron chi connectivity index (χ4n) is 3.73. The van der Waals surface area contributed by atoms with Gasteiger partial charge in [0.05, 0.1) is 0 Å². The first kappa shape index (κ1) is 18.8. The molecule has 0 saturated carbocycles. The van der Waals surface area contributed by atoms with Crippen LogP contribution in [0.3, 0.4) is 0 Å². The number of aromatic hydroxyl groups is 2. The average Bonchev–Trinajstić information content (AvgIpc) is 2.76. The molecule has 0 aliphatic heterocycles. The third-order valence-electron chi connectivity index (χ3n) is 5.51. The van der Waals surface area contributed by atoms with E-state index in [1.54, 1.807) is 12.1 Å². The molecule has 0 saturated heterocycles. The molecule has 1 unspecified atom stereocenters. The van der Waals surface area contributed by atoms with Crippen LogP contribution in [0.5, 0.6) is 11.5 Å². The number of phenolic OH excluding ortho intramolecular Hbond substituents is 2. The van der Waals surface area contributed by atoms with Crippen molar-refractivity contribution in [3.05, 3.63) is 108 Å². The summed E-state index contributed by atoms with van der Waals surface area (Å²) in [6.45, 7) is 4.04. The van der Waals surface area contributed by atoms with Gasteiger partial charge in [-0.15, -0.1) is 0 Å². The lowest BCUT2D eigenvalue weighted by Crippen LogP contribution is -1.99. The van der Waals surface area contributed by atoms with E-state index >= 15 is 0 Å². The van der Waals surface area contributed by atoms with Crippen LogP contribution in [0.25, 0.3) is 22.3 Å². The number of phenols is 2. The van der Waals surface area contributed by atoms with Crippen molar-refractivity contribution >= 4 is 0 Å². The van der Waals surface area contributed by atoms with Crippen LogP contribution in [-0.2, 0) is 0 Å². The summed E-state index contributed by atoms with van der Waals surface area (Å²) in [5.74, 6) is 0.638. The standard InChI is InChI=1S/C27H24O2/c1-18-16-24(23-12-14-25(28)15-13-23)17-26(27(18)29)19(2)20-8-10-22(11-9-20)21-6-4-3-5-7-21/h3-17,19,28-29H,1-2H3. The highest BCUT2D eigenvalue weighted by Crippen LogP contribution is 2.37. The maximum Gasteiger partial charge on any atom is 0.122 e. The Kier molecular flexibility index (Phi) is 5.09. The topological polar surface area (TPSA) is 40.5 Å². The molecule has 29 heavy (non-hydrogen) atoms. The zero-order chi connectivity index (χ0) is 20.4. The van der Waals surface area contributed by atoms with E-state index < -0.39 is 0 Å². The third-order valence-corrected chi connectivity index (χ3v) is 5.51. The van der Waals surface area contributed by atoms with Crippen molar-refractivity contribution in [2.45, 2.75) is 19.8 Å². The zero-order valence-electron chi connectivity index (χ0n) is 16.6. The summed E-state index contributed by atoms with van der Waals surface area (Å²) in [5, 5.41) is 20.3. The van der Waals surface area contributed by atoms with Gasteiger partial charge in [0, 0.05) is 11.5 Å². The molecule has 4 aromatic carbocycles. The fourth-order valence-corrected chi connectivity index (χ4v) is 3.73. The van der Waals surface area contributed by atoms with Crippen LogP contribution in [-0.4, -0.2) is 10.2 Å². The molecule has 0 aliphatic rings. The summed E-state index contributed by atoms with van der Waals surface area (Å²) in [6.07, 6.45) is 0. The maximum atomic E-state index is 10.7. The van der Waals surface area contributed by atoms with E-state index in [9.17, 15) is 10.2 Å². The number of benzene rings is 4. The lowest BCUT2D eigenvalue weighted by Gasteiger charge is -2.18. The van der Waals surface area contributed by atoms with Gasteiger partial charge in [0.25, 0.3) is 0 Å². The second-order valence-electron chi connectivity index (χ2n) is 7.49. The Morgan fingerprint density at radius 1 is 0.621 bits per heavy atom. The molecule has 2 heteroatoms. The largest absolute Gasteiger partial charge is 0.508 e. The summed E-state index contributed by atoms with van der Waals surface area (Å²) in [5.41, 5.74) is 7.32. The molecule has 1 atom stereocenters. The Balaban J connectivity index is 1.69. The molecule has 2 nitrogen and oxygen atoms in total. The van der Waals surface area contributed by atoms with Gasteiger partial charge in [-0.1, -0.05) is 73.7 Å². The van der Waals surface area contributed by atoms with Gasteiger partial charge in [-0.2, -0.15) is 0 Å². The van der Waals surface area contributed by atoms with Gasteiger partial charge in [0.1, 0.15) is 11.5 Å². The van der Waals surface area contributed by atoms with Crippen LogP contribution in [0.1, 0.15) is 29.5 Å². The van der Waals surface area contributed by atoms with Crippen LogP contribution in [0.2, 0.25) is 0 Å². The molecular formula is C27H24O2. The van der Waals surface area contributed by atoms with Crippen molar-refractivity contribution in [3.63, 3.8) is 0 Å². The molecule has 0 aromatic heterocycles. The smallest absolute Gasteiger partial charge is 0.122 e. The molecule has 0 radical (unpaired) electrons. The first-order valence-corrected chi connectivity index (χ1v) is 9.81. The van der Waals surface area contributed by atoms with Crippen molar-refractivity contribution < 1.29 is 10.2 Å². The van der Waals surface area contributed by atoms with Gasteiger partial charge in [-0.05, 0) is 64.6 Å². The molecule has 144 valence electrons. The van der Waals surface area contributed by atoms with Crippen LogP contribution < -0.4 is 0 Å². The molecular weight excluding hydrogens is 356 g/mol. The molecule has 4 aromatic rings. The van der Waals surface area contributed by atoms with Gasteiger partial charge in [-0.3, -0.25) is 0 Å². The van der Waals surface area contributed by atoms with Gasteiger partial charge in [-0.25, -0.2) is 0 Å². The maximum absolute atomic E-state index is 10.7. The Morgan fingerprint density at radius 3 is 1.83 bits per heavy atom. The van der Waals surface area contributed by atoms with Crippen LogP contribution in [0, 0.1) is 6.92 Å². The SMILES string of the molecule is Cc1cc(-c2ccc(O)cc2)cc(C(C)c2ccc(-c3ccccc3)cc2)c1O. The minimum Gasteiger partial charge on any atom is -0.508 e. The number of aryl methyl sites for hydroxylation is 1. The van der Waals surface area contributed by atoms with Crippen molar-refractivity contribution in [3.8, 4) is 33.8 Å². The predicted molar refractivity (Wildman–Crippen MR) is 119 cm³/mol. The number of rotatable bonds is 4. The quantitative estimate of drug-likeness (QED) is 0.404. The van der Waals surface area contributed by atoms with Gasteiger partial charge >= 0.3 is 0 Å². The lowest BCUT2D eigenvalue weighted by molar-refractivity contribution is 0.462. The fraction of sp³-hybridized carbons (Fsp3) is 0.111. The predicted octanol–water partition coefficient (Wildman–Crippen LogP) is 6.89. The Hall–Kier alpha value is -3.52. The summed E-state index contributed by atoms with van der Waals surface area (Å²) >= 11 is 0. The van der Waals surface area contributed by atoms with E-state index in [0.717, 1.165) is 27.8 Å². The van der Waals surface area contributed by atoms with E-state index in [0.29, 0.717) is 5.75 Å². The van der Waals surface area contributed by atoms with Crippen molar-refractivity contribution in [1.29, 1.82) is 0 Å². The average molecular weight is 380 g/mol. The Bertz CT molecular complexity index is 1110. The molecule has 0 bridgehead atoms. The summed E-state index contributed by atoms with van der Waals surface area (Å²) in [6, 6.07) is 30.0. The summed E-state index contributed by atoms with van der Waals surface area (Å²) in [7, 11) is 0. The Labute approximate surface area is 171 Å². The van der Waals surface area contributed by atoms with E-state index in [-0.39, 0.29) is 11.7 Å². The number of hydrogen-bond donors (Lipinski definition) is 2. The van der Waals surface area contributed by atoms with E-state index in [4.69, 9.17) is 0 Å². The normalized spacial score (nSPS) is 11.9. The van der Waals surface area contributed by atoms with E-state index in [2.05, 4.69) is 43.3 Å². The van der Waals surface area contributed by atoms with Gasteiger partial charge in [0.2, 0.25) is 0 Å². The minimum absolute atomic E-state index is 0.0515. The second kappa shape index (κ2) is 7.84. The van der Waals surface area contributed by atoms with Crippen LogP contribution in [0.4, 0.5) is 0 Å². The molecule has 4 rings (SSSR count). The molecule has 2 N–H and O–H groups in total. The highest BCUT2D eigenvalue weighted by Gasteiger charge is 2.16. The molecule has 0 spiro atoms. The summed E-state index contributed by atoms with van der Waals surface area (Å²) < 4.78 is 0. The first-order valence-electron chi connectivity index (χ1n) is 9.81. The van der Waals surface area contributed by atoms with Crippen molar-refractivity contribution in [2.24, 2.45) is 0 Å². The lowest BCUT2D eigenvalue weighted by atomic mass is 9.88. The highest BCUT2D eigenvalue weighted by atomic mass is 16.3. The summed E-state index contributed by atoms with van der Waals surface area (Å²) in [4.78, 5) is 0. The van der Waals surface area contributed by atoms with Gasteiger partial charge < -0.3 is 10.2 Å².